The standard InChI is InChI=1S/C20H21I2NO3/c1-3-7-23-8-6-13-9-14(25-21)11-15-18(13)16(23)10-12-4-5-17(24-2)20(26-22)19(12)15/h4-5,9,11,16H,3,6-8,10H2,1-2H3/t16-/m1/s1. The van der Waals surface area contributed by atoms with E-state index >= 15 is 0 Å². The molecule has 138 valence electrons. The minimum absolute atomic E-state index is 0.430. The lowest BCUT2D eigenvalue weighted by Gasteiger charge is -2.42. The van der Waals surface area contributed by atoms with Crippen molar-refractivity contribution in [3.63, 3.8) is 0 Å². The van der Waals surface area contributed by atoms with Crippen molar-refractivity contribution in [2.24, 2.45) is 0 Å². The quantitative estimate of drug-likeness (QED) is 0.428. The average Bonchev–Trinajstić information content (AvgIpc) is 2.68. The molecule has 0 N–H and O–H groups in total. The van der Waals surface area contributed by atoms with Crippen LogP contribution in [0.15, 0.2) is 24.3 Å². The molecular weight excluding hydrogens is 556 g/mol. The molecule has 1 atom stereocenters. The predicted octanol–water partition coefficient (Wildman–Crippen LogP) is 5.69. The van der Waals surface area contributed by atoms with Crippen LogP contribution >= 0.6 is 46.0 Å². The first-order chi connectivity index (χ1) is 12.7. The summed E-state index contributed by atoms with van der Waals surface area (Å²) in [4.78, 5) is 2.63. The van der Waals surface area contributed by atoms with E-state index in [1.165, 1.54) is 28.7 Å². The normalized spacial score (nSPS) is 18.1. The summed E-state index contributed by atoms with van der Waals surface area (Å²) in [7, 11) is 1.69. The second-order valence-corrected chi connectivity index (χ2v) is 7.72. The van der Waals surface area contributed by atoms with Gasteiger partial charge in [-0.05, 0) is 66.3 Å². The number of ether oxygens (including phenoxy) is 1. The average molecular weight is 577 g/mol. The van der Waals surface area contributed by atoms with Crippen LogP contribution in [-0.2, 0) is 12.8 Å². The Morgan fingerprint density at radius 1 is 1.15 bits per heavy atom. The molecular formula is C20H21I2NO3. The lowest BCUT2D eigenvalue weighted by Crippen LogP contribution is -2.38. The van der Waals surface area contributed by atoms with Crippen LogP contribution in [0.4, 0.5) is 0 Å². The molecule has 2 aromatic carbocycles. The molecule has 1 heterocycles. The predicted molar refractivity (Wildman–Crippen MR) is 120 cm³/mol. The van der Waals surface area contributed by atoms with Gasteiger partial charge in [-0.25, -0.2) is 0 Å². The van der Waals surface area contributed by atoms with Gasteiger partial charge in [0.1, 0.15) is 5.75 Å². The van der Waals surface area contributed by atoms with Crippen LogP contribution < -0.4 is 10.9 Å². The van der Waals surface area contributed by atoms with Crippen molar-refractivity contribution in [3.8, 4) is 28.4 Å². The third-order valence-corrected chi connectivity index (χ3v) is 6.42. The molecule has 0 amide bonds. The number of hydrogen-bond acceptors (Lipinski definition) is 4. The molecule has 4 rings (SSSR count). The SMILES string of the molecule is CCCN1CCc2cc(OI)cc3c2[C@H]1Cc1ccc(OC)c(OI)c1-3. The van der Waals surface area contributed by atoms with Crippen LogP contribution in [0.5, 0.6) is 17.2 Å². The van der Waals surface area contributed by atoms with Gasteiger partial charge in [-0.3, -0.25) is 4.90 Å². The van der Waals surface area contributed by atoms with Crippen molar-refractivity contribution in [2.75, 3.05) is 20.2 Å². The fourth-order valence-electron chi connectivity index (χ4n) is 4.44. The molecule has 0 fully saturated rings. The van der Waals surface area contributed by atoms with E-state index in [9.17, 15) is 0 Å². The molecule has 0 saturated heterocycles. The number of hydrogen-bond donors (Lipinski definition) is 0. The fraction of sp³-hybridized carbons (Fsp3) is 0.400. The maximum absolute atomic E-state index is 5.75. The molecule has 1 aliphatic carbocycles. The highest BCUT2D eigenvalue weighted by atomic mass is 127. The Balaban J connectivity index is 1.98. The maximum atomic E-state index is 5.75. The zero-order valence-corrected chi connectivity index (χ0v) is 19.2. The molecule has 2 aliphatic rings. The van der Waals surface area contributed by atoms with Crippen molar-refractivity contribution in [2.45, 2.75) is 32.2 Å². The number of benzene rings is 2. The summed E-state index contributed by atoms with van der Waals surface area (Å²) in [6.45, 7) is 4.50. The van der Waals surface area contributed by atoms with Crippen LogP contribution in [0.1, 0.15) is 36.1 Å². The van der Waals surface area contributed by atoms with Crippen LogP contribution in [0.3, 0.4) is 0 Å². The van der Waals surface area contributed by atoms with E-state index in [0.29, 0.717) is 6.04 Å². The highest BCUT2D eigenvalue weighted by molar-refractivity contribution is 14.1. The lowest BCUT2D eigenvalue weighted by atomic mass is 9.76. The van der Waals surface area contributed by atoms with Crippen LogP contribution in [0.2, 0.25) is 0 Å². The van der Waals surface area contributed by atoms with Gasteiger partial charge in [0.25, 0.3) is 0 Å². The van der Waals surface area contributed by atoms with Crippen molar-refractivity contribution in [3.05, 3.63) is 41.0 Å². The number of fused-ring (bicyclic) bond motifs is 2. The Morgan fingerprint density at radius 2 is 2.00 bits per heavy atom. The molecule has 0 radical (unpaired) electrons. The highest BCUT2D eigenvalue weighted by Crippen LogP contribution is 2.52. The van der Waals surface area contributed by atoms with Crippen LogP contribution in [-0.4, -0.2) is 25.1 Å². The van der Waals surface area contributed by atoms with Gasteiger partial charge < -0.3 is 10.9 Å². The van der Waals surface area contributed by atoms with Gasteiger partial charge in [-0.15, -0.1) is 0 Å². The van der Waals surface area contributed by atoms with Gasteiger partial charge >= 0.3 is 0 Å². The highest BCUT2D eigenvalue weighted by Gasteiger charge is 2.36. The Hall–Kier alpha value is -0.740. The monoisotopic (exact) mass is 577 g/mol. The first kappa shape index (κ1) is 18.6. The van der Waals surface area contributed by atoms with Crippen LogP contribution in [0.25, 0.3) is 11.1 Å². The minimum Gasteiger partial charge on any atom is -0.493 e. The molecule has 0 unspecified atom stereocenters. The molecule has 26 heavy (non-hydrogen) atoms. The Kier molecular flexibility index (Phi) is 5.52. The fourth-order valence-corrected chi connectivity index (χ4v) is 5.13. The van der Waals surface area contributed by atoms with Gasteiger partial charge in [0.05, 0.1) is 7.11 Å². The minimum atomic E-state index is 0.430. The summed E-state index contributed by atoms with van der Waals surface area (Å²) in [5.41, 5.74) is 6.54. The number of rotatable bonds is 5. The zero-order chi connectivity index (χ0) is 18.3. The second kappa shape index (κ2) is 7.71. The van der Waals surface area contributed by atoms with Crippen molar-refractivity contribution in [1.29, 1.82) is 0 Å². The Bertz CT molecular complexity index is 840. The molecule has 1 aliphatic heterocycles. The van der Waals surface area contributed by atoms with Gasteiger partial charge in [-0.1, -0.05) is 13.0 Å². The third-order valence-electron chi connectivity index (χ3n) is 5.47. The van der Waals surface area contributed by atoms with E-state index in [0.717, 1.165) is 48.7 Å². The molecule has 2 aromatic rings. The van der Waals surface area contributed by atoms with E-state index in [1.807, 2.05) is 52.1 Å². The molecule has 6 heteroatoms. The van der Waals surface area contributed by atoms with Crippen molar-refractivity contribution >= 4 is 46.0 Å². The third kappa shape index (κ3) is 2.97. The van der Waals surface area contributed by atoms with Crippen molar-refractivity contribution < 1.29 is 10.9 Å². The lowest BCUT2D eigenvalue weighted by molar-refractivity contribution is 0.183. The van der Waals surface area contributed by atoms with Gasteiger partial charge in [0, 0.05) is 18.2 Å². The van der Waals surface area contributed by atoms with Gasteiger partial charge in [-0.2, -0.15) is 0 Å². The number of methoxy groups -OCH3 is 1. The summed E-state index contributed by atoms with van der Waals surface area (Å²) in [5.74, 6) is 2.48. The van der Waals surface area contributed by atoms with E-state index in [2.05, 4.69) is 30.0 Å². The summed E-state index contributed by atoms with van der Waals surface area (Å²) < 4.78 is 16.9. The maximum Gasteiger partial charge on any atom is 0.192 e. The second-order valence-electron chi connectivity index (χ2n) is 6.83. The molecule has 0 spiro atoms. The smallest absolute Gasteiger partial charge is 0.192 e. The van der Waals surface area contributed by atoms with Gasteiger partial charge in [0.15, 0.2) is 57.5 Å². The first-order valence-electron chi connectivity index (χ1n) is 8.90. The molecule has 0 saturated carbocycles. The largest absolute Gasteiger partial charge is 0.493 e. The van der Waals surface area contributed by atoms with E-state index in [-0.39, 0.29) is 0 Å². The van der Waals surface area contributed by atoms with E-state index in [4.69, 9.17) is 10.9 Å². The molecule has 0 bridgehead atoms. The Morgan fingerprint density at radius 3 is 2.69 bits per heavy atom. The zero-order valence-electron chi connectivity index (χ0n) is 14.9. The van der Waals surface area contributed by atoms with Gasteiger partial charge in [0.2, 0.25) is 0 Å². The molecule has 4 nitrogen and oxygen atoms in total. The van der Waals surface area contributed by atoms with Crippen molar-refractivity contribution in [1.82, 2.24) is 4.90 Å². The Labute approximate surface area is 182 Å². The molecule has 0 aromatic heterocycles. The summed E-state index contributed by atoms with van der Waals surface area (Å²) in [6, 6.07) is 9.00. The number of halogens is 2. The van der Waals surface area contributed by atoms with E-state index in [1.54, 1.807) is 7.11 Å². The van der Waals surface area contributed by atoms with Crippen LogP contribution in [0, 0.1) is 0 Å². The summed E-state index contributed by atoms with van der Waals surface area (Å²) in [5, 5.41) is 0. The number of nitrogens with zero attached hydrogens (tertiary/aromatic N) is 1. The first-order valence-corrected chi connectivity index (χ1v) is 10.7. The summed E-state index contributed by atoms with van der Waals surface area (Å²) in [6.07, 6.45) is 3.25. The topological polar surface area (TPSA) is 30.9 Å². The van der Waals surface area contributed by atoms with E-state index < -0.39 is 0 Å². The summed E-state index contributed by atoms with van der Waals surface area (Å²) >= 11 is 3.92.